The van der Waals surface area contributed by atoms with Gasteiger partial charge in [0.15, 0.2) is 0 Å². The van der Waals surface area contributed by atoms with Gasteiger partial charge in [0.25, 0.3) is 0 Å². The fourth-order valence-corrected chi connectivity index (χ4v) is 2.13. The van der Waals surface area contributed by atoms with Crippen molar-refractivity contribution < 1.29 is 14.7 Å². The van der Waals surface area contributed by atoms with Crippen LogP contribution in [0, 0.1) is 0 Å². The molecule has 1 aliphatic rings. The lowest BCUT2D eigenvalue weighted by Crippen LogP contribution is -2.36. The Labute approximate surface area is 111 Å². The van der Waals surface area contributed by atoms with Gasteiger partial charge in [-0.1, -0.05) is 12.8 Å². The topological polar surface area (TPSA) is 82.5 Å². The Bertz CT molecular complexity index is 468. The minimum Gasteiger partial charge on any atom is -0.478 e. The summed E-state index contributed by atoms with van der Waals surface area (Å²) in [4.78, 5) is 28.7. The molecule has 0 spiro atoms. The molecule has 6 heteroatoms. The van der Waals surface area contributed by atoms with Crippen molar-refractivity contribution >= 4 is 17.8 Å². The minimum atomic E-state index is -1.10. The van der Waals surface area contributed by atoms with Crippen molar-refractivity contribution in [3.8, 4) is 0 Å². The smallest absolute Gasteiger partial charge is 0.339 e. The summed E-state index contributed by atoms with van der Waals surface area (Å²) in [5.41, 5.74) is 0.00525. The maximum absolute atomic E-state index is 12.1. The number of nitrogens with zero attached hydrogens (tertiary/aromatic N) is 2. The lowest BCUT2D eigenvalue weighted by molar-refractivity contribution is 0.0697. The van der Waals surface area contributed by atoms with Gasteiger partial charge in [-0.05, 0) is 25.0 Å². The highest BCUT2D eigenvalue weighted by atomic mass is 16.4. The van der Waals surface area contributed by atoms with Crippen molar-refractivity contribution in [2.24, 2.45) is 0 Å². The number of hydrogen-bond acceptors (Lipinski definition) is 3. The van der Waals surface area contributed by atoms with Crippen molar-refractivity contribution in [1.29, 1.82) is 0 Å². The molecule has 1 saturated heterocycles. The number of rotatable bonds is 2. The molecule has 2 N–H and O–H groups in total. The van der Waals surface area contributed by atoms with Crippen LogP contribution in [-0.2, 0) is 0 Å². The number of urea groups is 1. The van der Waals surface area contributed by atoms with Crippen LogP contribution >= 0.6 is 0 Å². The van der Waals surface area contributed by atoms with Gasteiger partial charge in [0.05, 0.1) is 0 Å². The fourth-order valence-electron chi connectivity index (χ4n) is 2.13. The van der Waals surface area contributed by atoms with E-state index in [9.17, 15) is 9.59 Å². The molecule has 1 aliphatic heterocycles. The van der Waals surface area contributed by atoms with Gasteiger partial charge in [0.1, 0.15) is 11.4 Å². The predicted octanol–water partition coefficient (Wildman–Crippen LogP) is 2.19. The van der Waals surface area contributed by atoms with E-state index in [-0.39, 0.29) is 17.4 Å². The number of amides is 2. The molecule has 19 heavy (non-hydrogen) atoms. The third kappa shape index (κ3) is 3.43. The molecule has 0 aromatic carbocycles. The normalized spacial score (nSPS) is 15.7. The third-order valence-electron chi connectivity index (χ3n) is 3.16. The van der Waals surface area contributed by atoms with E-state index in [2.05, 4.69) is 10.3 Å². The SMILES string of the molecule is O=C(O)c1cccnc1NC(=O)N1CCCCCC1. The van der Waals surface area contributed by atoms with Gasteiger partial charge >= 0.3 is 12.0 Å². The monoisotopic (exact) mass is 263 g/mol. The minimum absolute atomic E-state index is 0.00525. The number of hydrogen-bond donors (Lipinski definition) is 2. The number of carboxylic acids is 1. The van der Waals surface area contributed by atoms with E-state index < -0.39 is 5.97 Å². The third-order valence-corrected chi connectivity index (χ3v) is 3.16. The summed E-state index contributed by atoms with van der Waals surface area (Å²) in [5.74, 6) is -0.997. The quantitative estimate of drug-likeness (QED) is 0.856. The first-order chi connectivity index (χ1) is 9.18. The van der Waals surface area contributed by atoms with Gasteiger partial charge in [-0.15, -0.1) is 0 Å². The molecule has 6 nitrogen and oxygen atoms in total. The van der Waals surface area contributed by atoms with E-state index in [0.717, 1.165) is 25.7 Å². The second kappa shape index (κ2) is 6.17. The van der Waals surface area contributed by atoms with E-state index in [1.165, 1.54) is 18.3 Å². The Morgan fingerprint density at radius 1 is 1.21 bits per heavy atom. The van der Waals surface area contributed by atoms with Crippen molar-refractivity contribution in [2.75, 3.05) is 18.4 Å². The Morgan fingerprint density at radius 3 is 2.53 bits per heavy atom. The van der Waals surface area contributed by atoms with Gasteiger partial charge in [0, 0.05) is 19.3 Å². The van der Waals surface area contributed by atoms with Crippen LogP contribution in [0.5, 0.6) is 0 Å². The number of aromatic nitrogens is 1. The second-order valence-electron chi connectivity index (χ2n) is 4.54. The molecule has 0 radical (unpaired) electrons. The number of likely N-dealkylation sites (tertiary alicyclic amines) is 1. The predicted molar refractivity (Wildman–Crippen MR) is 70.3 cm³/mol. The molecule has 0 atom stereocenters. The molecular formula is C13H17N3O3. The number of carboxylic acid groups (broad SMARTS) is 1. The fraction of sp³-hybridized carbons (Fsp3) is 0.462. The zero-order valence-corrected chi connectivity index (χ0v) is 10.6. The highest BCUT2D eigenvalue weighted by Gasteiger charge is 2.18. The Morgan fingerprint density at radius 2 is 1.89 bits per heavy atom. The Kier molecular flexibility index (Phi) is 4.33. The molecule has 0 bridgehead atoms. The summed E-state index contributed by atoms with van der Waals surface area (Å²) in [7, 11) is 0. The van der Waals surface area contributed by atoms with Crippen LogP contribution in [0.1, 0.15) is 36.0 Å². The van der Waals surface area contributed by atoms with Gasteiger partial charge in [0.2, 0.25) is 0 Å². The van der Waals surface area contributed by atoms with Crippen LogP contribution in [-0.4, -0.2) is 40.1 Å². The zero-order chi connectivity index (χ0) is 13.7. The molecule has 1 aromatic heterocycles. The summed E-state index contributed by atoms with van der Waals surface area (Å²) in [6, 6.07) is 2.68. The van der Waals surface area contributed by atoms with Crippen LogP contribution in [0.15, 0.2) is 18.3 Å². The van der Waals surface area contributed by atoms with E-state index in [1.807, 2.05) is 0 Å². The molecule has 102 valence electrons. The highest BCUT2D eigenvalue weighted by molar-refractivity contribution is 5.98. The summed E-state index contributed by atoms with van der Waals surface area (Å²) in [6.07, 6.45) is 5.70. The summed E-state index contributed by atoms with van der Waals surface area (Å²) >= 11 is 0. The number of pyridine rings is 1. The molecule has 1 aromatic rings. The molecule has 0 unspecified atom stereocenters. The molecule has 2 rings (SSSR count). The molecule has 2 heterocycles. The molecular weight excluding hydrogens is 246 g/mol. The lowest BCUT2D eigenvalue weighted by Gasteiger charge is -2.20. The lowest BCUT2D eigenvalue weighted by atomic mass is 10.2. The van der Waals surface area contributed by atoms with Gasteiger partial charge in [-0.25, -0.2) is 14.6 Å². The van der Waals surface area contributed by atoms with Crippen LogP contribution in [0.4, 0.5) is 10.6 Å². The molecule has 2 amide bonds. The van der Waals surface area contributed by atoms with Gasteiger partial charge in [-0.3, -0.25) is 5.32 Å². The van der Waals surface area contributed by atoms with Crippen molar-refractivity contribution in [3.05, 3.63) is 23.9 Å². The first-order valence-electron chi connectivity index (χ1n) is 6.43. The number of nitrogens with one attached hydrogen (secondary N) is 1. The van der Waals surface area contributed by atoms with Crippen LogP contribution in [0.25, 0.3) is 0 Å². The summed E-state index contributed by atoms with van der Waals surface area (Å²) in [6.45, 7) is 1.42. The van der Waals surface area contributed by atoms with E-state index in [1.54, 1.807) is 4.90 Å². The Balaban J connectivity index is 2.07. The number of anilines is 1. The van der Waals surface area contributed by atoms with Crippen molar-refractivity contribution in [2.45, 2.75) is 25.7 Å². The summed E-state index contributed by atoms with van der Waals surface area (Å²) < 4.78 is 0. The number of carbonyl (C=O) groups excluding carboxylic acids is 1. The number of carbonyl (C=O) groups is 2. The second-order valence-corrected chi connectivity index (χ2v) is 4.54. The average Bonchev–Trinajstić information content (AvgIpc) is 2.68. The standard InChI is InChI=1S/C13H17N3O3/c17-12(18)10-6-5-7-14-11(10)15-13(19)16-8-3-1-2-4-9-16/h5-7H,1-4,8-9H2,(H,17,18)(H,14,15,19). The zero-order valence-electron chi connectivity index (χ0n) is 10.6. The Hall–Kier alpha value is -2.11. The van der Waals surface area contributed by atoms with Crippen LogP contribution in [0.2, 0.25) is 0 Å². The van der Waals surface area contributed by atoms with E-state index in [4.69, 9.17) is 5.11 Å². The van der Waals surface area contributed by atoms with Crippen LogP contribution < -0.4 is 5.32 Å². The van der Waals surface area contributed by atoms with Gasteiger partial charge < -0.3 is 10.0 Å². The largest absolute Gasteiger partial charge is 0.478 e. The number of aromatic carboxylic acids is 1. The van der Waals surface area contributed by atoms with Gasteiger partial charge in [-0.2, -0.15) is 0 Å². The average molecular weight is 263 g/mol. The maximum atomic E-state index is 12.1. The first-order valence-corrected chi connectivity index (χ1v) is 6.43. The van der Waals surface area contributed by atoms with Crippen molar-refractivity contribution in [3.63, 3.8) is 0 Å². The molecule has 1 fully saturated rings. The maximum Gasteiger partial charge on any atom is 0.339 e. The van der Waals surface area contributed by atoms with E-state index >= 15 is 0 Å². The summed E-state index contributed by atoms with van der Waals surface area (Å²) in [5, 5.41) is 11.6. The molecule has 0 aliphatic carbocycles. The first kappa shape index (κ1) is 13.3. The van der Waals surface area contributed by atoms with Crippen molar-refractivity contribution in [1.82, 2.24) is 9.88 Å². The highest BCUT2D eigenvalue weighted by Crippen LogP contribution is 2.14. The van der Waals surface area contributed by atoms with Crippen LogP contribution in [0.3, 0.4) is 0 Å². The molecule has 0 saturated carbocycles. The van der Waals surface area contributed by atoms with E-state index in [0.29, 0.717) is 13.1 Å².